The SMILES string of the molecule is CC[C@H](C(=O)NCC(C)C)N(Cc1ccc(Cl)c(Cl)c1)C(=O)CN(c1ccc(C)c(C)c1)S(C)(=O)=O. The van der Waals surface area contributed by atoms with Crippen LogP contribution in [0.5, 0.6) is 0 Å². The summed E-state index contributed by atoms with van der Waals surface area (Å²) >= 11 is 12.2. The molecule has 2 aromatic carbocycles. The van der Waals surface area contributed by atoms with Crippen molar-refractivity contribution in [2.75, 3.05) is 23.7 Å². The molecule has 10 heteroatoms. The zero-order chi connectivity index (χ0) is 27.2. The molecule has 2 rings (SSSR count). The third kappa shape index (κ3) is 8.11. The standard InChI is InChI=1S/C26H35Cl2N3O4S/c1-7-24(26(33)29-14-17(2)3)30(15-20-9-11-22(27)23(28)13-20)25(32)16-31(36(6,34)35)21-10-8-18(4)19(5)12-21/h8-13,17,24H,7,14-16H2,1-6H3,(H,29,33)/t24-/m1/s1. The molecule has 0 bridgehead atoms. The van der Waals surface area contributed by atoms with Gasteiger partial charge in [0.1, 0.15) is 12.6 Å². The molecule has 1 atom stereocenters. The van der Waals surface area contributed by atoms with Crippen LogP contribution in [0, 0.1) is 19.8 Å². The summed E-state index contributed by atoms with van der Waals surface area (Å²) in [7, 11) is -3.79. The number of nitrogens with one attached hydrogen (secondary N) is 1. The van der Waals surface area contributed by atoms with Crippen molar-refractivity contribution in [1.29, 1.82) is 0 Å². The number of amides is 2. The maximum Gasteiger partial charge on any atom is 0.244 e. The lowest BCUT2D eigenvalue weighted by molar-refractivity contribution is -0.140. The molecule has 0 aliphatic rings. The Morgan fingerprint density at radius 3 is 2.19 bits per heavy atom. The van der Waals surface area contributed by atoms with Crippen LogP contribution in [0.15, 0.2) is 36.4 Å². The van der Waals surface area contributed by atoms with Gasteiger partial charge in [-0.2, -0.15) is 0 Å². The van der Waals surface area contributed by atoms with Gasteiger partial charge in [0.25, 0.3) is 0 Å². The highest BCUT2D eigenvalue weighted by Crippen LogP contribution is 2.25. The molecule has 1 N–H and O–H groups in total. The van der Waals surface area contributed by atoms with Gasteiger partial charge in [0.15, 0.2) is 0 Å². The first-order valence-electron chi connectivity index (χ1n) is 11.8. The van der Waals surface area contributed by atoms with Gasteiger partial charge in [-0.05, 0) is 67.1 Å². The highest BCUT2D eigenvalue weighted by atomic mass is 35.5. The Morgan fingerprint density at radius 2 is 1.67 bits per heavy atom. The smallest absolute Gasteiger partial charge is 0.244 e. The fourth-order valence-corrected chi connectivity index (χ4v) is 4.83. The molecular formula is C26H35Cl2N3O4S. The number of hydrogen-bond donors (Lipinski definition) is 1. The Balaban J connectivity index is 2.46. The summed E-state index contributed by atoms with van der Waals surface area (Å²) in [5, 5.41) is 3.59. The molecule has 0 radical (unpaired) electrons. The Labute approximate surface area is 224 Å². The van der Waals surface area contributed by atoms with Crippen molar-refractivity contribution in [3.05, 3.63) is 63.1 Å². The Morgan fingerprint density at radius 1 is 1.00 bits per heavy atom. The average molecular weight is 557 g/mol. The highest BCUT2D eigenvalue weighted by Gasteiger charge is 2.32. The predicted molar refractivity (Wildman–Crippen MR) is 147 cm³/mol. The third-order valence-electron chi connectivity index (χ3n) is 5.87. The number of benzene rings is 2. The van der Waals surface area contributed by atoms with Crippen LogP contribution in [0.25, 0.3) is 0 Å². The first kappa shape index (κ1) is 29.9. The molecule has 198 valence electrons. The summed E-state index contributed by atoms with van der Waals surface area (Å²) in [4.78, 5) is 28.2. The Bertz CT molecular complexity index is 1200. The van der Waals surface area contributed by atoms with Crippen LogP contribution in [0.4, 0.5) is 5.69 Å². The van der Waals surface area contributed by atoms with Gasteiger partial charge in [0.2, 0.25) is 21.8 Å². The van der Waals surface area contributed by atoms with E-state index < -0.39 is 28.5 Å². The van der Waals surface area contributed by atoms with Gasteiger partial charge in [-0.25, -0.2) is 8.42 Å². The van der Waals surface area contributed by atoms with Crippen molar-refractivity contribution >= 4 is 50.7 Å². The van der Waals surface area contributed by atoms with E-state index in [4.69, 9.17) is 23.2 Å². The van der Waals surface area contributed by atoms with Gasteiger partial charge >= 0.3 is 0 Å². The van der Waals surface area contributed by atoms with Crippen LogP contribution in [0.3, 0.4) is 0 Å². The zero-order valence-electron chi connectivity index (χ0n) is 21.6. The van der Waals surface area contributed by atoms with Crippen LogP contribution in [0.1, 0.15) is 43.9 Å². The molecule has 0 saturated carbocycles. The number of anilines is 1. The number of sulfonamides is 1. The molecule has 0 unspecified atom stereocenters. The molecule has 0 aliphatic carbocycles. The molecule has 2 aromatic rings. The fraction of sp³-hybridized carbons (Fsp3) is 0.462. The summed E-state index contributed by atoms with van der Waals surface area (Å²) in [6.07, 6.45) is 1.41. The summed E-state index contributed by atoms with van der Waals surface area (Å²) in [5.41, 5.74) is 2.97. The minimum Gasteiger partial charge on any atom is -0.354 e. The first-order chi connectivity index (χ1) is 16.7. The van der Waals surface area contributed by atoms with Crippen molar-refractivity contribution in [2.24, 2.45) is 5.92 Å². The van der Waals surface area contributed by atoms with Gasteiger partial charge in [0, 0.05) is 13.1 Å². The van der Waals surface area contributed by atoms with Crippen LogP contribution in [-0.4, -0.2) is 50.5 Å². The van der Waals surface area contributed by atoms with Gasteiger partial charge in [0.05, 0.1) is 22.0 Å². The molecular weight excluding hydrogens is 521 g/mol. The maximum absolute atomic E-state index is 13.7. The van der Waals surface area contributed by atoms with E-state index in [1.807, 2.05) is 40.7 Å². The van der Waals surface area contributed by atoms with Gasteiger partial charge in [-0.15, -0.1) is 0 Å². The second kappa shape index (κ2) is 12.8. The molecule has 0 aliphatic heterocycles. The van der Waals surface area contributed by atoms with E-state index in [1.165, 1.54) is 4.90 Å². The topological polar surface area (TPSA) is 86.8 Å². The van der Waals surface area contributed by atoms with E-state index >= 15 is 0 Å². The molecule has 0 spiro atoms. The number of halogens is 2. The summed E-state index contributed by atoms with van der Waals surface area (Å²) in [5.74, 6) is -0.566. The van der Waals surface area contributed by atoms with E-state index in [9.17, 15) is 18.0 Å². The van der Waals surface area contributed by atoms with Gasteiger partial charge in [-0.1, -0.05) is 56.1 Å². The van der Waals surface area contributed by atoms with E-state index in [2.05, 4.69) is 5.32 Å². The fourth-order valence-electron chi connectivity index (χ4n) is 3.67. The van der Waals surface area contributed by atoms with Crippen LogP contribution >= 0.6 is 23.2 Å². The Hall–Kier alpha value is -2.29. The lowest BCUT2D eigenvalue weighted by Crippen LogP contribution is -2.52. The Kier molecular flexibility index (Phi) is 10.6. The first-order valence-corrected chi connectivity index (χ1v) is 14.4. The molecule has 7 nitrogen and oxygen atoms in total. The lowest BCUT2D eigenvalue weighted by Gasteiger charge is -2.33. The van der Waals surface area contributed by atoms with E-state index in [1.54, 1.807) is 30.3 Å². The van der Waals surface area contributed by atoms with E-state index in [0.29, 0.717) is 34.3 Å². The lowest BCUT2D eigenvalue weighted by atomic mass is 10.1. The average Bonchev–Trinajstić information content (AvgIpc) is 2.79. The molecule has 2 amide bonds. The minimum absolute atomic E-state index is 0.0633. The predicted octanol–water partition coefficient (Wildman–Crippen LogP) is 4.96. The zero-order valence-corrected chi connectivity index (χ0v) is 24.0. The quantitative estimate of drug-likeness (QED) is 0.424. The van der Waals surface area contributed by atoms with Crippen molar-refractivity contribution in [2.45, 2.75) is 53.6 Å². The number of rotatable bonds is 11. The number of carbonyl (C=O) groups is 2. The highest BCUT2D eigenvalue weighted by molar-refractivity contribution is 7.92. The maximum atomic E-state index is 13.7. The monoisotopic (exact) mass is 555 g/mol. The third-order valence-corrected chi connectivity index (χ3v) is 7.74. The molecule has 0 heterocycles. The van der Waals surface area contributed by atoms with E-state index in [0.717, 1.165) is 21.7 Å². The van der Waals surface area contributed by atoms with Gasteiger partial charge < -0.3 is 10.2 Å². The number of carbonyl (C=O) groups excluding carboxylic acids is 2. The van der Waals surface area contributed by atoms with E-state index in [-0.39, 0.29) is 18.4 Å². The normalized spacial score (nSPS) is 12.4. The molecule has 36 heavy (non-hydrogen) atoms. The molecule has 0 fully saturated rings. The second-order valence-electron chi connectivity index (χ2n) is 9.37. The number of hydrogen-bond acceptors (Lipinski definition) is 4. The van der Waals surface area contributed by atoms with Crippen LogP contribution in [0.2, 0.25) is 10.0 Å². The molecule has 0 saturated heterocycles. The van der Waals surface area contributed by atoms with Crippen molar-refractivity contribution < 1.29 is 18.0 Å². The van der Waals surface area contributed by atoms with Gasteiger partial charge in [-0.3, -0.25) is 13.9 Å². The summed E-state index contributed by atoms with van der Waals surface area (Å²) < 4.78 is 26.5. The summed E-state index contributed by atoms with van der Waals surface area (Å²) in [6.45, 7) is 9.65. The largest absolute Gasteiger partial charge is 0.354 e. The summed E-state index contributed by atoms with van der Waals surface area (Å²) in [6, 6.07) is 9.42. The van der Waals surface area contributed by atoms with Crippen molar-refractivity contribution in [3.63, 3.8) is 0 Å². The van der Waals surface area contributed by atoms with Crippen molar-refractivity contribution in [1.82, 2.24) is 10.2 Å². The van der Waals surface area contributed by atoms with Crippen molar-refractivity contribution in [3.8, 4) is 0 Å². The molecule has 0 aromatic heterocycles. The number of nitrogens with zero attached hydrogens (tertiary/aromatic N) is 2. The van der Waals surface area contributed by atoms with Crippen LogP contribution in [-0.2, 0) is 26.2 Å². The minimum atomic E-state index is -3.79. The number of aryl methyl sites for hydroxylation is 2. The second-order valence-corrected chi connectivity index (χ2v) is 12.1. The van der Waals surface area contributed by atoms with Crippen LogP contribution < -0.4 is 9.62 Å².